The zero-order chi connectivity index (χ0) is 13.3. The first-order valence-electron chi connectivity index (χ1n) is 5.22. The summed E-state index contributed by atoms with van der Waals surface area (Å²) < 4.78 is 5.91. The van der Waals surface area contributed by atoms with E-state index in [0.717, 1.165) is 0 Å². The van der Waals surface area contributed by atoms with Gasteiger partial charge in [-0.25, -0.2) is 9.36 Å². The van der Waals surface area contributed by atoms with Gasteiger partial charge in [-0.1, -0.05) is 5.16 Å². The molecule has 1 N–H and O–H groups in total. The normalized spacial score (nSPS) is 10.6. The van der Waals surface area contributed by atoms with Gasteiger partial charge in [-0.2, -0.15) is 4.98 Å². The molecule has 0 radical (unpaired) electrons. The first-order valence-corrected chi connectivity index (χ1v) is 5.22. The van der Waals surface area contributed by atoms with Crippen LogP contribution in [0.1, 0.15) is 17.0 Å². The Hall–Kier alpha value is -2.44. The molecule has 0 aliphatic carbocycles. The van der Waals surface area contributed by atoms with Crippen molar-refractivity contribution < 1.29 is 14.4 Å². The molecule has 7 heteroatoms. The second-order valence-corrected chi connectivity index (χ2v) is 3.81. The van der Waals surface area contributed by atoms with Crippen molar-refractivity contribution in [2.24, 2.45) is 0 Å². The van der Waals surface area contributed by atoms with E-state index < -0.39 is 11.7 Å². The lowest BCUT2D eigenvalue weighted by Gasteiger charge is -2.11. The smallest absolute Gasteiger partial charge is 0.353 e. The van der Waals surface area contributed by atoms with Crippen LogP contribution in [0.5, 0.6) is 0 Å². The van der Waals surface area contributed by atoms with Crippen molar-refractivity contribution in [1.29, 1.82) is 0 Å². The fraction of sp³-hybridized carbons (Fsp3) is 0.273. The van der Waals surface area contributed by atoms with Crippen LogP contribution in [0.3, 0.4) is 0 Å². The Bertz CT molecular complexity index is 643. The molecule has 0 saturated carbocycles. The lowest BCUT2D eigenvalue weighted by atomic mass is 10.1. The number of aromatic nitrogens is 3. The second-order valence-electron chi connectivity index (χ2n) is 3.81. The molecule has 7 nitrogen and oxygen atoms in total. The van der Waals surface area contributed by atoms with Crippen LogP contribution in [0.25, 0.3) is 5.82 Å². The molecule has 0 aliphatic rings. The molecule has 2 heterocycles. The van der Waals surface area contributed by atoms with E-state index in [1.54, 1.807) is 13.8 Å². The van der Waals surface area contributed by atoms with Gasteiger partial charge in [-0.15, -0.1) is 0 Å². The minimum Gasteiger partial charge on any atom is -0.481 e. The summed E-state index contributed by atoms with van der Waals surface area (Å²) in [6.07, 6.45) is 1.14. The van der Waals surface area contributed by atoms with Crippen molar-refractivity contribution in [3.63, 3.8) is 0 Å². The average molecular weight is 249 g/mol. The van der Waals surface area contributed by atoms with Crippen LogP contribution in [0.4, 0.5) is 0 Å². The molecule has 0 unspecified atom stereocenters. The Morgan fingerprint density at radius 1 is 1.50 bits per heavy atom. The van der Waals surface area contributed by atoms with Crippen molar-refractivity contribution in [1.82, 2.24) is 14.7 Å². The van der Waals surface area contributed by atoms with Crippen molar-refractivity contribution in [2.75, 3.05) is 0 Å². The van der Waals surface area contributed by atoms with Gasteiger partial charge < -0.3 is 9.63 Å². The number of nitrogens with zero attached hydrogens (tertiary/aromatic N) is 3. The molecule has 2 aromatic heterocycles. The van der Waals surface area contributed by atoms with E-state index in [1.807, 2.05) is 0 Å². The quantitative estimate of drug-likeness (QED) is 0.848. The molecule has 0 bridgehead atoms. The van der Waals surface area contributed by atoms with Gasteiger partial charge in [0.05, 0.1) is 6.42 Å². The molecule has 0 fully saturated rings. The highest BCUT2D eigenvalue weighted by Crippen LogP contribution is 2.13. The SMILES string of the molecule is Cc1nc(=O)n(-c2ccon2)c(C)c1CC(=O)O. The van der Waals surface area contributed by atoms with Crippen LogP contribution in [-0.2, 0) is 11.2 Å². The van der Waals surface area contributed by atoms with E-state index in [-0.39, 0.29) is 12.2 Å². The minimum atomic E-state index is -0.978. The number of hydrogen-bond acceptors (Lipinski definition) is 5. The van der Waals surface area contributed by atoms with Crippen molar-refractivity contribution in [3.8, 4) is 5.82 Å². The third-order valence-corrected chi connectivity index (χ3v) is 2.64. The van der Waals surface area contributed by atoms with E-state index in [9.17, 15) is 9.59 Å². The van der Waals surface area contributed by atoms with Gasteiger partial charge in [-0.3, -0.25) is 4.79 Å². The Morgan fingerprint density at radius 2 is 2.22 bits per heavy atom. The number of carboxylic acids is 1. The Morgan fingerprint density at radius 3 is 2.78 bits per heavy atom. The fourth-order valence-electron chi connectivity index (χ4n) is 1.80. The van der Waals surface area contributed by atoms with Crippen LogP contribution in [-0.4, -0.2) is 25.8 Å². The van der Waals surface area contributed by atoms with Crippen LogP contribution >= 0.6 is 0 Å². The Kier molecular flexibility index (Phi) is 2.97. The van der Waals surface area contributed by atoms with Crippen molar-refractivity contribution >= 4 is 5.97 Å². The fourth-order valence-corrected chi connectivity index (χ4v) is 1.80. The summed E-state index contributed by atoms with van der Waals surface area (Å²) in [6.45, 7) is 3.27. The summed E-state index contributed by atoms with van der Waals surface area (Å²) in [7, 11) is 0. The summed E-state index contributed by atoms with van der Waals surface area (Å²) in [4.78, 5) is 26.4. The third-order valence-electron chi connectivity index (χ3n) is 2.64. The van der Waals surface area contributed by atoms with E-state index in [1.165, 1.54) is 16.9 Å². The number of aliphatic carboxylic acids is 1. The molecule has 94 valence electrons. The predicted molar refractivity (Wildman–Crippen MR) is 60.7 cm³/mol. The largest absolute Gasteiger partial charge is 0.481 e. The molecule has 0 aliphatic heterocycles. The van der Waals surface area contributed by atoms with Crippen molar-refractivity contribution in [3.05, 3.63) is 39.8 Å². The van der Waals surface area contributed by atoms with Crippen LogP contribution in [0.2, 0.25) is 0 Å². The van der Waals surface area contributed by atoms with E-state index in [0.29, 0.717) is 17.0 Å². The zero-order valence-electron chi connectivity index (χ0n) is 9.88. The first-order chi connectivity index (χ1) is 8.50. The molecule has 0 spiro atoms. The van der Waals surface area contributed by atoms with Gasteiger partial charge in [0.2, 0.25) is 0 Å². The molecular formula is C11H11N3O4. The van der Waals surface area contributed by atoms with Gasteiger partial charge >= 0.3 is 11.7 Å². The second kappa shape index (κ2) is 4.44. The zero-order valence-corrected chi connectivity index (χ0v) is 9.88. The Balaban J connectivity index is 2.68. The maximum absolute atomic E-state index is 11.8. The van der Waals surface area contributed by atoms with Gasteiger partial charge in [-0.05, 0) is 13.8 Å². The summed E-state index contributed by atoms with van der Waals surface area (Å²) in [6, 6.07) is 1.51. The number of aryl methyl sites for hydroxylation is 1. The first kappa shape index (κ1) is 12.0. The Labute approximate surface area is 102 Å². The summed E-state index contributed by atoms with van der Waals surface area (Å²) in [5.74, 6) is -0.690. The lowest BCUT2D eigenvalue weighted by Crippen LogP contribution is -2.27. The molecule has 0 aromatic carbocycles. The molecule has 18 heavy (non-hydrogen) atoms. The van der Waals surface area contributed by atoms with Crippen molar-refractivity contribution in [2.45, 2.75) is 20.3 Å². The highest BCUT2D eigenvalue weighted by molar-refractivity contribution is 5.71. The summed E-state index contributed by atoms with van der Waals surface area (Å²) in [5.41, 5.74) is 0.918. The molecule has 0 atom stereocenters. The van der Waals surface area contributed by atoms with Gasteiger partial charge in [0.1, 0.15) is 6.26 Å². The highest BCUT2D eigenvalue weighted by Gasteiger charge is 2.16. The van der Waals surface area contributed by atoms with E-state index >= 15 is 0 Å². The topological polar surface area (TPSA) is 98.2 Å². The predicted octanol–water partition coefficient (Wildman–Crippen LogP) is 0.464. The molecule has 2 rings (SSSR count). The van der Waals surface area contributed by atoms with Gasteiger partial charge in [0.25, 0.3) is 0 Å². The maximum atomic E-state index is 11.8. The van der Waals surface area contributed by atoms with E-state index in [2.05, 4.69) is 14.7 Å². The summed E-state index contributed by atoms with van der Waals surface area (Å²) >= 11 is 0. The number of rotatable bonds is 3. The van der Waals surface area contributed by atoms with Crippen LogP contribution in [0.15, 0.2) is 21.6 Å². The molecule has 0 saturated heterocycles. The standard InChI is InChI=1S/C11H11N3O4/c1-6-8(5-10(15)16)7(2)14(11(17)12-6)9-3-4-18-13-9/h3-4H,5H2,1-2H3,(H,15,16). The van der Waals surface area contributed by atoms with Crippen LogP contribution < -0.4 is 5.69 Å². The third kappa shape index (κ3) is 2.02. The summed E-state index contributed by atoms with van der Waals surface area (Å²) in [5, 5.41) is 12.5. The number of carboxylic acid groups (broad SMARTS) is 1. The molecule has 0 amide bonds. The van der Waals surface area contributed by atoms with E-state index in [4.69, 9.17) is 5.11 Å². The highest BCUT2D eigenvalue weighted by atomic mass is 16.5. The number of hydrogen-bond donors (Lipinski definition) is 1. The average Bonchev–Trinajstić information content (AvgIpc) is 2.77. The van der Waals surface area contributed by atoms with Crippen LogP contribution in [0, 0.1) is 13.8 Å². The molecule has 2 aromatic rings. The van der Waals surface area contributed by atoms with Gasteiger partial charge in [0, 0.05) is 23.0 Å². The maximum Gasteiger partial charge on any atom is 0.353 e. The number of carbonyl (C=O) groups is 1. The monoisotopic (exact) mass is 249 g/mol. The van der Waals surface area contributed by atoms with Gasteiger partial charge in [0.15, 0.2) is 5.82 Å². The lowest BCUT2D eigenvalue weighted by molar-refractivity contribution is -0.136. The minimum absolute atomic E-state index is 0.192. The molecular weight excluding hydrogens is 238 g/mol.